The summed E-state index contributed by atoms with van der Waals surface area (Å²) in [5.41, 5.74) is 1.13. The number of aryl methyl sites for hydroxylation is 1. The number of morpholine rings is 1. The van der Waals surface area contributed by atoms with Crippen LogP contribution in [0.4, 0.5) is 0 Å². The van der Waals surface area contributed by atoms with Gasteiger partial charge in [0.1, 0.15) is 0 Å². The Labute approximate surface area is 189 Å². The number of fused-ring (bicyclic) bond motifs is 1. The van der Waals surface area contributed by atoms with E-state index in [0.29, 0.717) is 28.5 Å². The highest BCUT2D eigenvalue weighted by atomic mass is 35.5. The van der Waals surface area contributed by atoms with Crippen molar-refractivity contribution in [3.05, 3.63) is 57.9 Å². The van der Waals surface area contributed by atoms with Crippen molar-refractivity contribution in [3.63, 3.8) is 0 Å². The van der Waals surface area contributed by atoms with Crippen LogP contribution in [0.1, 0.15) is 24.2 Å². The van der Waals surface area contributed by atoms with Crippen LogP contribution in [-0.2, 0) is 21.8 Å². The van der Waals surface area contributed by atoms with Crippen molar-refractivity contribution in [2.45, 2.75) is 31.0 Å². The maximum atomic E-state index is 13.0. The Bertz CT molecular complexity index is 1300. The monoisotopic (exact) mass is 479 g/mol. The molecular formula is C21H22ClN3O4S2. The first-order valence-corrected chi connectivity index (χ1v) is 12.4. The predicted molar refractivity (Wildman–Crippen MR) is 121 cm³/mol. The molecule has 0 unspecified atom stereocenters. The maximum Gasteiger partial charge on any atom is 0.279 e. The summed E-state index contributed by atoms with van der Waals surface area (Å²) in [6, 6.07) is 11.4. The third-order valence-corrected chi connectivity index (χ3v) is 8.34. The summed E-state index contributed by atoms with van der Waals surface area (Å²) in [7, 11) is -1.86. The van der Waals surface area contributed by atoms with Crippen LogP contribution in [0.5, 0.6) is 0 Å². The number of carbonyl (C=O) groups excluding carboxylic acids is 1. The molecule has 31 heavy (non-hydrogen) atoms. The van der Waals surface area contributed by atoms with Gasteiger partial charge in [-0.25, -0.2) is 8.42 Å². The Morgan fingerprint density at radius 1 is 1.13 bits per heavy atom. The first-order chi connectivity index (χ1) is 14.7. The SMILES string of the molecule is C[C@@H]1CN(S(=O)(=O)c2ccc(C(=O)N=c3sc4cccc(Cl)c4n3C)cc2)C[C@H](C)O1. The van der Waals surface area contributed by atoms with E-state index < -0.39 is 15.9 Å². The fourth-order valence-electron chi connectivity index (χ4n) is 3.66. The van der Waals surface area contributed by atoms with E-state index in [4.69, 9.17) is 16.3 Å². The lowest BCUT2D eigenvalue weighted by Crippen LogP contribution is -2.48. The summed E-state index contributed by atoms with van der Waals surface area (Å²) < 4.78 is 35.7. The summed E-state index contributed by atoms with van der Waals surface area (Å²) >= 11 is 7.63. The van der Waals surface area contributed by atoms with Crippen LogP contribution in [0.25, 0.3) is 10.2 Å². The molecule has 4 rings (SSSR count). The highest BCUT2D eigenvalue weighted by Gasteiger charge is 2.32. The van der Waals surface area contributed by atoms with E-state index in [1.165, 1.54) is 39.9 Å². The zero-order valence-electron chi connectivity index (χ0n) is 17.3. The number of hydrogen-bond acceptors (Lipinski definition) is 5. The summed E-state index contributed by atoms with van der Waals surface area (Å²) in [5.74, 6) is -0.448. The van der Waals surface area contributed by atoms with Gasteiger partial charge >= 0.3 is 0 Å². The first kappa shape index (κ1) is 22.2. The molecule has 7 nitrogen and oxygen atoms in total. The van der Waals surface area contributed by atoms with Crippen molar-refractivity contribution < 1.29 is 17.9 Å². The number of nitrogens with zero attached hydrogens (tertiary/aromatic N) is 3. The van der Waals surface area contributed by atoms with E-state index in [1.807, 2.05) is 26.0 Å². The van der Waals surface area contributed by atoms with Gasteiger partial charge in [0.2, 0.25) is 10.0 Å². The second-order valence-corrected chi connectivity index (χ2v) is 10.9. The molecule has 0 aliphatic carbocycles. The van der Waals surface area contributed by atoms with Gasteiger partial charge in [0, 0.05) is 25.7 Å². The molecule has 1 aliphatic rings. The van der Waals surface area contributed by atoms with E-state index >= 15 is 0 Å². The van der Waals surface area contributed by atoms with Crippen LogP contribution < -0.4 is 4.80 Å². The Kier molecular flexibility index (Phi) is 6.06. The number of aromatic nitrogens is 1. The number of thiazole rings is 1. The molecule has 0 bridgehead atoms. The van der Waals surface area contributed by atoms with Crippen LogP contribution >= 0.6 is 22.9 Å². The largest absolute Gasteiger partial charge is 0.373 e. The molecule has 2 heterocycles. The zero-order valence-corrected chi connectivity index (χ0v) is 19.7. The van der Waals surface area contributed by atoms with Crippen LogP contribution in [0.15, 0.2) is 52.4 Å². The van der Waals surface area contributed by atoms with E-state index in [-0.39, 0.29) is 17.1 Å². The summed E-state index contributed by atoms with van der Waals surface area (Å²) in [5, 5.41) is 0.589. The second-order valence-electron chi connectivity index (χ2n) is 7.55. The van der Waals surface area contributed by atoms with Crippen molar-refractivity contribution in [1.29, 1.82) is 0 Å². The van der Waals surface area contributed by atoms with Crippen molar-refractivity contribution in [1.82, 2.24) is 8.87 Å². The highest BCUT2D eigenvalue weighted by Crippen LogP contribution is 2.25. The van der Waals surface area contributed by atoms with Crippen molar-refractivity contribution in [3.8, 4) is 0 Å². The number of carbonyl (C=O) groups is 1. The number of benzene rings is 2. The minimum atomic E-state index is -3.66. The van der Waals surface area contributed by atoms with Gasteiger partial charge in [0.05, 0.1) is 32.3 Å². The summed E-state index contributed by atoms with van der Waals surface area (Å²) in [6.07, 6.45) is -0.345. The molecule has 0 N–H and O–H groups in total. The average molecular weight is 480 g/mol. The van der Waals surface area contributed by atoms with Gasteiger partial charge in [-0.15, -0.1) is 0 Å². The van der Waals surface area contributed by atoms with Gasteiger partial charge in [-0.1, -0.05) is 29.0 Å². The Balaban J connectivity index is 1.61. The minimum absolute atomic E-state index is 0.143. The molecule has 2 atom stereocenters. The topological polar surface area (TPSA) is 81.0 Å². The molecule has 0 spiro atoms. The molecule has 1 fully saturated rings. The minimum Gasteiger partial charge on any atom is -0.373 e. The van der Waals surface area contributed by atoms with Crippen LogP contribution in [0, 0.1) is 0 Å². The molecule has 1 aliphatic heterocycles. The number of halogens is 1. The van der Waals surface area contributed by atoms with Crippen LogP contribution in [-0.4, -0.2) is 48.5 Å². The number of hydrogen-bond donors (Lipinski definition) is 0. The Morgan fingerprint density at radius 2 is 1.77 bits per heavy atom. The molecule has 164 valence electrons. The number of sulfonamides is 1. The fraction of sp³-hybridized carbons (Fsp3) is 0.333. The standard InChI is InChI=1S/C21H22ClN3O4S2/c1-13-11-25(12-14(2)29-13)31(27,28)16-9-7-15(8-10-16)20(26)23-21-24(3)19-17(22)5-4-6-18(19)30-21/h4-10,13-14H,11-12H2,1-3H3/t13-,14+. The third kappa shape index (κ3) is 4.33. The summed E-state index contributed by atoms with van der Waals surface area (Å²) in [6.45, 7) is 4.30. The van der Waals surface area contributed by atoms with Gasteiger partial charge < -0.3 is 9.30 Å². The van der Waals surface area contributed by atoms with Crippen molar-refractivity contribution >= 4 is 49.1 Å². The normalized spacial score (nSPS) is 21.0. The van der Waals surface area contributed by atoms with Gasteiger partial charge in [-0.05, 0) is 50.2 Å². The maximum absolute atomic E-state index is 13.0. The molecule has 3 aromatic rings. The zero-order chi connectivity index (χ0) is 22.3. The molecular weight excluding hydrogens is 458 g/mol. The van der Waals surface area contributed by atoms with Gasteiger partial charge in [-0.3, -0.25) is 4.79 Å². The number of rotatable bonds is 3. The van der Waals surface area contributed by atoms with E-state index in [9.17, 15) is 13.2 Å². The predicted octanol–water partition coefficient (Wildman–Crippen LogP) is 3.43. The Morgan fingerprint density at radius 3 is 2.39 bits per heavy atom. The van der Waals surface area contributed by atoms with E-state index in [1.54, 1.807) is 17.7 Å². The lowest BCUT2D eigenvalue weighted by atomic mass is 10.2. The first-order valence-electron chi connectivity index (χ1n) is 9.75. The summed E-state index contributed by atoms with van der Waals surface area (Å²) in [4.78, 5) is 17.6. The molecule has 1 saturated heterocycles. The molecule has 1 aromatic heterocycles. The highest BCUT2D eigenvalue weighted by molar-refractivity contribution is 7.89. The smallest absolute Gasteiger partial charge is 0.279 e. The third-order valence-electron chi connectivity index (χ3n) is 5.10. The Hall–Kier alpha value is -2.04. The molecule has 2 aromatic carbocycles. The van der Waals surface area contributed by atoms with Crippen molar-refractivity contribution in [2.75, 3.05) is 13.1 Å². The van der Waals surface area contributed by atoms with Gasteiger partial charge in [0.25, 0.3) is 5.91 Å². The molecule has 0 radical (unpaired) electrons. The van der Waals surface area contributed by atoms with E-state index in [0.717, 1.165) is 10.2 Å². The fourth-order valence-corrected chi connectivity index (χ4v) is 6.65. The lowest BCUT2D eigenvalue weighted by Gasteiger charge is -2.34. The molecule has 10 heteroatoms. The molecule has 0 saturated carbocycles. The van der Waals surface area contributed by atoms with E-state index in [2.05, 4.69) is 4.99 Å². The van der Waals surface area contributed by atoms with Gasteiger partial charge in [0.15, 0.2) is 4.80 Å². The number of para-hydroxylation sites is 1. The number of ether oxygens (including phenoxy) is 1. The average Bonchev–Trinajstić information content (AvgIpc) is 3.04. The number of amides is 1. The van der Waals surface area contributed by atoms with Crippen LogP contribution in [0.2, 0.25) is 5.02 Å². The quantitative estimate of drug-likeness (QED) is 0.576. The van der Waals surface area contributed by atoms with Crippen LogP contribution in [0.3, 0.4) is 0 Å². The van der Waals surface area contributed by atoms with Gasteiger partial charge in [-0.2, -0.15) is 9.30 Å². The second kappa shape index (κ2) is 8.48. The molecule has 1 amide bonds. The van der Waals surface area contributed by atoms with Crippen molar-refractivity contribution in [2.24, 2.45) is 12.0 Å². The lowest BCUT2D eigenvalue weighted by molar-refractivity contribution is -0.0440.